The maximum absolute atomic E-state index is 15.8. The third-order valence-corrected chi connectivity index (χ3v) is 11.7. The van der Waals surface area contributed by atoms with Gasteiger partial charge in [-0.15, -0.1) is 0 Å². The van der Waals surface area contributed by atoms with Gasteiger partial charge in [0.05, 0.1) is 34.7 Å². The van der Waals surface area contributed by atoms with Crippen molar-refractivity contribution in [2.24, 2.45) is 11.0 Å². The molecule has 12 heteroatoms. The van der Waals surface area contributed by atoms with E-state index in [1.807, 2.05) is 42.5 Å². The Morgan fingerprint density at radius 2 is 1.80 bits per heavy atom. The molecule has 3 aliphatic rings. The molecule has 0 bridgehead atoms. The zero-order chi connectivity index (χ0) is 32.1. The van der Waals surface area contributed by atoms with Crippen LogP contribution in [0.25, 0.3) is 0 Å². The van der Waals surface area contributed by atoms with Gasteiger partial charge in [-0.05, 0) is 48.8 Å². The van der Waals surface area contributed by atoms with Crippen molar-refractivity contribution in [2.75, 3.05) is 16.5 Å². The number of hydrogen-bond donors (Lipinski definition) is 1. The number of amides is 2. The minimum absolute atomic E-state index is 0.117. The van der Waals surface area contributed by atoms with Crippen LogP contribution in [0.5, 0.6) is 0 Å². The van der Waals surface area contributed by atoms with Crippen LogP contribution in [0.4, 0.5) is 21.2 Å². The Labute approximate surface area is 261 Å². The number of hydrazone groups is 1. The summed E-state index contributed by atoms with van der Waals surface area (Å²) < 4.78 is 22.2. The van der Waals surface area contributed by atoms with Gasteiger partial charge in [0.25, 0.3) is 11.6 Å². The fraction of sp³-hybridized carbons (Fsp3) is 0.364. The van der Waals surface area contributed by atoms with E-state index in [4.69, 9.17) is 4.74 Å². The summed E-state index contributed by atoms with van der Waals surface area (Å²) in [5.41, 5.74) is 1.51. The molecule has 1 spiro atoms. The minimum Gasteiger partial charge on any atom is -0.396 e. The van der Waals surface area contributed by atoms with E-state index in [2.05, 4.69) is 5.10 Å². The first-order chi connectivity index (χ1) is 21.5. The maximum Gasteiger partial charge on any atom is 0.269 e. The molecule has 3 aromatic carbocycles. The van der Waals surface area contributed by atoms with Crippen molar-refractivity contribution in [1.82, 2.24) is 0 Å². The van der Waals surface area contributed by atoms with Crippen LogP contribution < -0.4 is 9.91 Å². The fourth-order valence-electron chi connectivity index (χ4n) is 7.22. The molecule has 0 radical (unpaired) electrons. The Hall–Kier alpha value is -4.26. The molecule has 1 fully saturated rings. The molecule has 3 aromatic rings. The second-order valence-corrected chi connectivity index (χ2v) is 16.2. The summed E-state index contributed by atoms with van der Waals surface area (Å²) in [7, 11) is -3.40. The number of aliphatic hydroxyl groups excluding tert-OH is 1. The van der Waals surface area contributed by atoms with E-state index in [0.717, 1.165) is 16.8 Å². The molecular formula is C33H35FN4O6Si. The lowest BCUT2D eigenvalue weighted by atomic mass is 9.82. The molecule has 45 heavy (non-hydrogen) atoms. The summed E-state index contributed by atoms with van der Waals surface area (Å²) in [5, 5.41) is 27.5. The van der Waals surface area contributed by atoms with Gasteiger partial charge in [0.15, 0.2) is 5.60 Å². The van der Waals surface area contributed by atoms with E-state index in [1.165, 1.54) is 22.0 Å². The largest absolute Gasteiger partial charge is 0.396 e. The summed E-state index contributed by atoms with van der Waals surface area (Å²) in [4.78, 5) is 40.0. The predicted molar refractivity (Wildman–Crippen MR) is 170 cm³/mol. The van der Waals surface area contributed by atoms with Crippen LogP contribution in [0.3, 0.4) is 0 Å². The molecule has 3 aliphatic heterocycles. The van der Waals surface area contributed by atoms with Gasteiger partial charge in [0.2, 0.25) is 14.3 Å². The van der Waals surface area contributed by atoms with Gasteiger partial charge in [-0.25, -0.2) is 5.01 Å². The van der Waals surface area contributed by atoms with Gasteiger partial charge in [-0.1, -0.05) is 49.4 Å². The average Bonchev–Trinajstić information content (AvgIpc) is 3.44. The standard InChI is InChI=1S/C33H35FN4O6Si/c1-21-31(45(2,3)34)29(17-18-39)44-33(21)26-19-25(38(42)43)13-15-28(26)36(32(33)41)20-22-9-11-24(12-10-22)37-30(40)16-14-27(35-37)23-7-5-4-6-8-23/h4-13,15,19,21,29,31,39H,14,16-18,20H2,1-3H3/t21-,29+,31-,33+/m1/s1. The maximum atomic E-state index is 15.8. The van der Waals surface area contributed by atoms with Gasteiger partial charge in [-0.2, -0.15) is 5.10 Å². The molecule has 2 amide bonds. The first-order valence-electron chi connectivity index (χ1n) is 15.1. The number of hydrogen-bond acceptors (Lipinski definition) is 7. The lowest BCUT2D eigenvalue weighted by Gasteiger charge is -2.31. The summed E-state index contributed by atoms with van der Waals surface area (Å²) in [5.74, 6) is -1.15. The molecule has 0 saturated carbocycles. The molecule has 234 valence electrons. The first-order valence-corrected chi connectivity index (χ1v) is 18.0. The number of anilines is 2. The number of benzene rings is 3. The van der Waals surface area contributed by atoms with Crippen molar-refractivity contribution in [3.05, 3.63) is 99.6 Å². The monoisotopic (exact) mass is 630 g/mol. The van der Waals surface area contributed by atoms with Crippen LogP contribution in [-0.2, 0) is 26.5 Å². The highest BCUT2D eigenvalue weighted by Crippen LogP contribution is 2.60. The minimum atomic E-state index is -3.40. The number of nitro benzene ring substituents is 1. The smallest absolute Gasteiger partial charge is 0.269 e. The molecule has 0 unspecified atom stereocenters. The molecule has 1 saturated heterocycles. The van der Waals surface area contributed by atoms with Crippen molar-refractivity contribution in [3.8, 4) is 0 Å². The summed E-state index contributed by atoms with van der Waals surface area (Å²) >= 11 is 0. The highest BCUT2D eigenvalue weighted by atomic mass is 28.4. The number of fused-ring (bicyclic) bond motifs is 2. The Morgan fingerprint density at radius 3 is 2.44 bits per heavy atom. The number of halogens is 1. The third-order valence-electron chi connectivity index (χ3n) is 9.23. The zero-order valence-electron chi connectivity index (χ0n) is 25.4. The Balaban J connectivity index is 1.33. The van der Waals surface area contributed by atoms with Gasteiger partial charge in [0, 0.05) is 48.6 Å². The number of ether oxygens (including phenoxy) is 1. The number of rotatable bonds is 8. The van der Waals surface area contributed by atoms with E-state index in [1.54, 1.807) is 38.2 Å². The van der Waals surface area contributed by atoms with Crippen LogP contribution >= 0.6 is 0 Å². The van der Waals surface area contributed by atoms with Crippen LogP contribution in [0.1, 0.15) is 42.9 Å². The average molecular weight is 631 g/mol. The molecular weight excluding hydrogens is 595 g/mol. The van der Waals surface area contributed by atoms with Crippen LogP contribution in [0.2, 0.25) is 18.6 Å². The normalized spacial score (nSPS) is 24.7. The van der Waals surface area contributed by atoms with Gasteiger partial charge >= 0.3 is 0 Å². The van der Waals surface area contributed by atoms with Crippen molar-refractivity contribution >= 4 is 43.0 Å². The van der Waals surface area contributed by atoms with E-state index in [0.29, 0.717) is 29.8 Å². The molecule has 4 atom stereocenters. The van der Waals surface area contributed by atoms with E-state index < -0.39 is 42.4 Å². The topological polar surface area (TPSA) is 126 Å². The highest BCUT2D eigenvalue weighted by Gasteiger charge is 2.66. The van der Waals surface area contributed by atoms with Crippen LogP contribution in [0, 0.1) is 16.0 Å². The summed E-state index contributed by atoms with van der Waals surface area (Å²) in [6.07, 6.45) is 0.323. The number of nitrogens with zero attached hydrogens (tertiary/aromatic N) is 4. The number of aliphatic hydroxyl groups is 1. The molecule has 1 N–H and O–H groups in total. The molecule has 10 nitrogen and oxygen atoms in total. The molecule has 3 heterocycles. The van der Waals surface area contributed by atoms with E-state index in [9.17, 15) is 24.8 Å². The summed E-state index contributed by atoms with van der Waals surface area (Å²) in [6.45, 7) is 4.79. The van der Waals surface area contributed by atoms with Gasteiger partial charge in [0.1, 0.15) is 0 Å². The number of nitro groups is 1. The van der Waals surface area contributed by atoms with Crippen molar-refractivity contribution in [1.29, 1.82) is 0 Å². The fourth-order valence-corrected chi connectivity index (χ4v) is 9.76. The first kappa shape index (κ1) is 30.7. The lowest BCUT2D eigenvalue weighted by Crippen LogP contribution is -2.45. The van der Waals surface area contributed by atoms with Crippen molar-refractivity contribution in [3.63, 3.8) is 0 Å². The Kier molecular flexibility index (Phi) is 7.92. The van der Waals surface area contributed by atoms with Gasteiger partial charge in [-0.3, -0.25) is 19.7 Å². The quantitative estimate of drug-likeness (QED) is 0.145. The second-order valence-electron chi connectivity index (χ2n) is 12.4. The van der Waals surface area contributed by atoms with Crippen LogP contribution in [0.15, 0.2) is 77.9 Å². The van der Waals surface area contributed by atoms with E-state index in [-0.39, 0.29) is 31.2 Å². The Morgan fingerprint density at radius 1 is 1.09 bits per heavy atom. The second kappa shape index (κ2) is 11.6. The van der Waals surface area contributed by atoms with Crippen molar-refractivity contribution in [2.45, 2.75) is 63.1 Å². The number of carbonyl (C=O) groups is 2. The predicted octanol–water partition coefficient (Wildman–Crippen LogP) is 5.83. The summed E-state index contributed by atoms with van der Waals surface area (Å²) in [6, 6.07) is 21.1. The molecule has 0 aromatic heterocycles. The van der Waals surface area contributed by atoms with Gasteiger partial charge < -0.3 is 18.9 Å². The lowest BCUT2D eigenvalue weighted by molar-refractivity contribution is -0.385. The third kappa shape index (κ3) is 5.26. The highest BCUT2D eigenvalue weighted by molar-refractivity contribution is 6.72. The zero-order valence-corrected chi connectivity index (χ0v) is 26.4. The molecule has 0 aliphatic carbocycles. The Bertz CT molecular complexity index is 1680. The van der Waals surface area contributed by atoms with E-state index >= 15 is 4.11 Å². The molecule has 6 rings (SSSR count). The SMILES string of the molecule is C[C@@H]1[C@@H]([Si](C)(C)F)[C@H](CCO)O[C@@]12C(=O)N(Cc1ccc(N3N=C(c4ccccc4)CCC3=O)cc1)c1ccc([N+](=O)[O-])cc12. The van der Waals surface area contributed by atoms with Crippen molar-refractivity contribution < 1.29 is 28.5 Å². The number of carbonyl (C=O) groups excluding carboxylic acids is 2. The van der Waals surface area contributed by atoms with Crippen LogP contribution in [-0.4, -0.2) is 48.7 Å². The number of non-ortho nitro benzene ring substituents is 1.